The van der Waals surface area contributed by atoms with Gasteiger partial charge < -0.3 is 15.6 Å². The highest BCUT2D eigenvalue weighted by Crippen LogP contribution is 2.16. The number of aromatic nitrogens is 1. The Morgan fingerprint density at radius 2 is 1.84 bits per heavy atom. The van der Waals surface area contributed by atoms with Gasteiger partial charge in [-0.1, -0.05) is 48.0 Å². The molecule has 6 heteroatoms. The molecular formula is C19H22ClIN4. The van der Waals surface area contributed by atoms with E-state index in [2.05, 4.69) is 45.7 Å². The predicted molar refractivity (Wildman–Crippen MR) is 117 cm³/mol. The number of guanidine groups is 1. The molecule has 3 aromatic rings. The summed E-state index contributed by atoms with van der Waals surface area (Å²) in [6.45, 7) is 4.08. The summed E-state index contributed by atoms with van der Waals surface area (Å²) in [6, 6.07) is 18.2. The van der Waals surface area contributed by atoms with Crippen LogP contribution in [0, 0.1) is 0 Å². The zero-order chi connectivity index (χ0) is 16.8. The normalized spacial score (nSPS) is 11.2. The molecule has 2 aromatic carbocycles. The lowest BCUT2D eigenvalue weighted by Crippen LogP contribution is -2.36. The van der Waals surface area contributed by atoms with Crippen LogP contribution in [0.5, 0.6) is 0 Å². The molecule has 0 fully saturated rings. The van der Waals surface area contributed by atoms with E-state index in [9.17, 15) is 0 Å². The van der Waals surface area contributed by atoms with Gasteiger partial charge in [-0.25, -0.2) is 4.99 Å². The highest BCUT2D eigenvalue weighted by molar-refractivity contribution is 14.0. The molecule has 3 rings (SSSR count). The summed E-state index contributed by atoms with van der Waals surface area (Å²) < 4.78 is 0. The van der Waals surface area contributed by atoms with Crippen LogP contribution in [0.2, 0.25) is 5.02 Å². The zero-order valence-electron chi connectivity index (χ0n) is 14.1. The largest absolute Gasteiger partial charge is 0.357 e. The van der Waals surface area contributed by atoms with E-state index in [0.29, 0.717) is 13.1 Å². The standard InChI is InChI=1S/C19H21ClN4.HI/c1-2-21-19(22-12-15-8-3-5-9-17(15)20)23-13-16-11-14-7-4-6-10-18(14)24-16;/h3-11,24H,2,12-13H2,1H3,(H2,21,22,23);1H. The van der Waals surface area contributed by atoms with Crippen molar-refractivity contribution in [3.05, 3.63) is 70.9 Å². The Bertz CT molecular complexity index is 811. The topological polar surface area (TPSA) is 52.2 Å². The molecule has 132 valence electrons. The van der Waals surface area contributed by atoms with Crippen LogP contribution >= 0.6 is 35.6 Å². The number of rotatable bonds is 5. The van der Waals surface area contributed by atoms with Crippen molar-refractivity contribution in [2.24, 2.45) is 4.99 Å². The van der Waals surface area contributed by atoms with E-state index in [1.165, 1.54) is 5.39 Å². The molecule has 3 N–H and O–H groups in total. The fraction of sp³-hybridized carbons (Fsp3) is 0.211. The van der Waals surface area contributed by atoms with Gasteiger partial charge in [0.05, 0.1) is 13.1 Å². The minimum absolute atomic E-state index is 0. The van der Waals surface area contributed by atoms with Gasteiger partial charge in [-0.15, -0.1) is 24.0 Å². The van der Waals surface area contributed by atoms with Crippen LogP contribution in [-0.4, -0.2) is 17.5 Å². The molecular weight excluding hydrogens is 447 g/mol. The molecule has 0 aliphatic heterocycles. The van der Waals surface area contributed by atoms with Crippen molar-refractivity contribution in [3.63, 3.8) is 0 Å². The Morgan fingerprint density at radius 1 is 1.08 bits per heavy atom. The van der Waals surface area contributed by atoms with Gasteiger partial charge in [0.1, 0.15) is 0 Å². The fourth-order valence-corrected chi connectivity index (χ4v) is 2.74. The molecule has 0 saturated heterocycles. The number of nitrogens with one attached hydrogen (secondary N) is 3. The number of aliphatic imine (C=N–C) groups is 1. The minimum atomic E-state index is 0. The Balaban J connectivity index is 0.00000225. The lowest BCUT2D eigenvalue weighted by molar-refractivity contribution is 0.805. The Hall–Kier alpha value is -1.73. The highest BCUT2D eigenvalue weighted by Gasteiger charge is 2.03. The van der Waals surface area contributed by atoms with Crippen molar-refractivity contribution in [2.75, 3.05) is 6.54 Å². The first-order valence-electron chi connectivity index (χ1n) is 8.08. The van der Waals surface area contributed by atoms with Gasteiger partial charge in [-0.2, -0.15) is 0 Å². The average Bonchev–Trinajstić information content (AvgIpc) is 3.01. The van der Waals surface area contributed by atoms with E-state index in [1.54, 1.807) is 0 Å². The third-order valence-corrected chi connectivity index (χ3v) is 4.11. The third kappa shape index (κ3) is 5.37. The molecule has 0 atom stereocenters. The molecule has 0 radical (unpaired) electrons. The fourth-order valence-electron chi connectivity index (χ4n) is 2.54. The van der Waals surface area contributed by atoms with Crippen molar-refractivity contribution in [1.29, 1.82) is 0 Å². The first-order valence-corrected chi connectivity index (χ1v) is 8.46. The highest BCUT2D eigenvalue weighted by atomic mass is 127. The number of halogens is 2. The van der Waals surface area contributed by atoms with E-state index in [0.717, 1.165) is 34.3 Å². The minimum Gasteiger partial charge on any atom is -0.357 e. The maximum absolute atomic E-state index is 6.19. The van der Waals surface area contributed by atoms with Gasteiger partial charge in [-0.3, -0.25) is 0 Å². The van der Waals surface area contributed by atoms with Gasteiger partial charge in [0.15, 0.2) is 5.96 Å². The smallest absolute Gasteiger partial charge is 0.191 e. The second-order valence-corrected chi connectivity index (χ2v) is 5.93. The van der Waals surface area contributed by atoms with Crippen LogP contribution in [0.15, 0.2) is 59.6 Å². The van der Waals surface area contributed by atoms with Crippen molar-refractivity contribution < 1.29 is 0 Å². The molecule has 25 heavy (non-hydrogen) atoms. The molecule has 0 saturated carbocycles. The predicted octanol–water partition coefficient (Wildman–Crippen LogP) is 4.69. The van der Waals surface area contributed by atoms with E-state index in [1.807, 2.05) is 36.4 Å². The van der Waals surface area contributed by atoms with E-state index in [-0.39, 0.29) is 24.0 Å². The van der Waals surface area contributed by atoms with Crippen molar-refractivity contribution in [3.8, 4) is 0 Å². The number of para-hydroxylation sites is 1. The van der Waals surface area contributed by atoms with Gasteiger partial charge in [0.25, 0.3) is 0 Å². The molecule has 1 heterocycles. The van der Waals surface area contributed by atoms with Gasteiger partial charge in [0.2, 0.25) is 0 Å². The number of hydrogen-bond acceptors (Lipinski definition) is 1. The number of aromatic amines is 1. The van der Waals surface area contributed by atoms with Crippen molar-refractivity contribution in [1.82, 2.24) is 15.6 Å². The Kier molecular flexibility index (Phi) is 7.58. The summed E-state index contributed by atoms with van der Waals surface area (Å²) in [5, 5.41) is 8.57. The molecule has 0 unspecified atom stereocenters. The Morgan fingerprint density at radius 3 is 2.60 bits per heavy atom. The van der Waals surface area contributed by atoms with Crippen molar-refractivity contribution >= 4 is 52.4 Å². The molecule has 0 aliphatic rings. The zero-order valence-corrected chi connectivity index (χ0v) is 17.1. The summed E-state index contributed by atoms with van der Waals surface area (Å²) in [4.78, 5) is 8.02. The van der Waals surface area contributed by atoms with Gasteiger partial charge in [-0.05, 0) is 36.1 Å². The maximum atomic E-state index is 6.19. The summed E-state index contributed by atoms with van der Waals surface area (Å²) >= 11 is 6.19. The average molecular weight is 469 g/mol. The lowest BCUT2D eigenvalue weighted by Gasteiger charge is -2.11. The molecule has 0 spiro atoms. The van der Waals surface area contributed by atoms with E-state index < -0.39 is 0 Å². The molecule has 1 aromatic heterocycles. The van der Waals surface area contributed by atoms with Crippen LogP contribution in [-0.2, 0) is 13.1 Å². The Labute approximate surface area is 170 Å². The quantitative estimate of drug-likeness (QED) is 0.289. The van der Waals surface area contributed by atoms with E-state index in [4.69, 9.17) is 11.6 Å². The SMILES string of the molecule is CCNC(=NCc1ccccc1Cl)NCc1cc2ccccc2[nH]1.I. The first-order chi connectivity index (χ1) is 11.8. The monoisotopic (exact) mass is 468 g/mol. The first kappa shape index (κ1) is 19.6. The molecule has 0 aliphatic carbocycles. The number of H-pyrrole nitrogens is 1. The third-order valence-electron chi connectivity index (χ3n) is 3.74. The number of nitrogens with zero attached hydrogens (tertiary/aromatic N) is 1. The van der Waals surface area contributed by atoms with Crippen LogP contribution < -0.4 is 10.6 Å². The second-order valence-electron chi connectivity index (χ2n) is 5.52. The summed E-state index contributed by atoms with van der Waals surface area (Å²) in [7, 11) is 0. The lowest BCUT2D eigenvalue weighted by atomic mass is 10.2. The van der Waals surface area contributed by atoms with Crippen LogP contribution in [0.25, 0.3) is 10.9 Å². The maximum Gasteiger partial charge on any atom is 0.191 e. The summed E-state index contributed by atoms with van der Waals surface area (Å²) in [5.41, 5.74) is 3.29. The van der Waals surface area contributed by atoms with E-state index >= 15 is 0 Å². The van der Waals surface area contributed by atoms with Crippen molar-refractivity contribution in [2.45, 2.75) is 20.0 Å². The van der Waals surface area contributed by atoms with Gasteiger partial charge in [0, 0.05) is 22.8 Å². The number of fused-ring (bicyclic) bond motifs is 1. The molecule has 0 bridgehead atoms. The molecule has 4 nitrogen and oxygen atoms in total. The van der Waals surface area contributed by atoms with Gasteiger partial charge >= 0.3 is 0 Å². The summed E-state index contributed by atoms with van der Waals surface area (Å²) in [5.74, 6) is 0.774. The second kappa shape index (κ2) is 9.68. The van der Waals surface area contributed by atoms with Crippen LogP contribution in [0.3, 0.4) is 0 Å². The number of hydrogen-bond donors (Lipinski definition) is 3. The molecule has 0 amide bonds. The van der Waals surface area contributed by atoms with Crippen LogP contribution in [0.4, 0.5) is 0 Å². The van der Waals surface area contributed by atoms with Crippen LogP contribution in [0.1, 0.15) is 18.2 Å². The number of benzene rings is 2. The summed E-state index contributed by atoms with van der Waals surface area (Å²) in [6.07, 6.45) is 0.